The van der Waals surface area contributed by atoms with E-state index in [9.17, 15) is 79.5 Å². The van der Waals surface area contributed by atoms with Gasteiger partial charge in [-0.15, -0.1) is 0 Å². The first kappa shape index (κ1) is 65.7. The van der Waals surface area contributed by atoms with E-state index in [-0.39, 0.29) is 29.0 Å². The summed E-state index contributed by atoms with van der Waals surface area (Å²) in [5.74, 6) is -2.46. The van der Waals surface area contributed by atoms with Crippen molar-refractivity contribution >= 4 is 62.9 Å². The molecule has 0 spiro atoms. The summed E-state index contributed by atoms with van der Waals surface area (Å²) < 4.78 is 11.6. The zero-order valence-electron chi connectivity index (χ0n) is 49.2. The van der Waals surface area contributed by atoms with Crippen molar-refractivity contribution in [3.05, 3.63) is 119 Å². The monoisotopic (exact) mass is 1220 g/mol. The highest BCUT2D eigenvalue weighted by atomic mass is 16.5. The Labute approximate surface area is 506 Å². The Balaban J connectivity index is 1.06. The van der Waals surface area contributed by atoms with Gasteiger partial charge in [-0.1, -0.05) is 55.2 Å². The molecule has 14 N–H and O–H groups in total. The smallest absolute Gasteiger partial charge is 0.251 e. The second kappa shape index (κ2) is 27.8. The number of phenolic OH excluding ortho intramolecular Hbond substituents is 1. The third-order valence-corrected chi connectivity index (χ3v) is 15.6. The maximum atomic E-state index is 14.5. The third-order valence-electron chi connectivity index (χ3n) is 15.6. The predicted octanol–water partition coefficient (Wildman–Crippen LogP) is -0.930. The summed E-state index contributed by atoms with van der Waals surface area (Å²) in [6, 6.07) is 14.4. The molecule has 470 valence electrons. The second-order valence-corrected chi connectivity index (χ2v) is 23.6. The summed E-state index contributed by atoms with van der Waals surface area (Å²) in [7, 11) is 0. The molecule has 0 unspecified atom stereocenters. The number of rotatable bonds is 11. The standard InChI is InChI=1S/C63H75N7O18/c1-31-29-70-51(52(31)76)60(84)68-58(82)47(75)28-45(64-55(79)41-14-13-37-23-34(9-11-39(37)25-41)7-8-35-10-12-40-26-44(20-17-38(40)24-35)87-21-22-88-63(4,5)6)56(80)65-48(32(2)71)61(85)69-30-43(74)27-46(69)57(81)67-50(59(83)66-49(33(3)72)62(70)86)54(78)53(77)36-15-18-42(73)19-16-36/h9-20,23-26,31-33,43,45-54,58,71-78,82H,21-22,27-30H2,1-6H3,(H,64,79)(H,65,80)(H,66,83)(H,67,81)(H,68,84)/t31-,32+,33+,43+,45-,46-,47+,48-,49-,50-,51-,52-,53-,54-,58+/m0/s1. The number of aliphatic hydroxyl groups excluding tert-OH is 8. The van der Waals surface area contributed by atoms with E-state index in [1.807, 2.05) is 63.2 Å². The topological polar surface area (TPSA) is 387 Å². The Bertz CT molecular complexity index is 3470. The molecule has 25 nitrogen and oxygen atoms in total. The van der Waals surface area contributed by atoms with Gasteiger partial charge in [-0.3, -0.25) is 33.6 Å². The number of hydrogen-bond acceptors (Lipinski definition) is 18. The van der Waals surface area contributed by atoms with Crippen molar-refractivity contribution in [2.45, 2.75) is 145 Å². The molecule has 3 fully saturated rings. The highest BCUT2D eigenvalue weighted by molar-refractivity contribution is 6.02. The number of fused-ring (bicyclic) bond motifs is 4. The Hall–Kier alpha value is -8.29. The first-order valence-electron chi connectivity index (χ1n) is 28.8. The third kappa shape index (κ3) is 15.7. The molecule has 7 amide bonds. The van der Waals surface area contributed by atoms with Crippen LogP contribution in [0.4, 0.5) is 0 Å². The van der Waals surface area contributed by atoms with Crippen LogP contribution in [0.1, 0.15) is 87.5 Å². The zero-order chi connectivity index (χ0) is 64.1. The van der Waals surface area contributed by atoms with E-state index in [0.717, 1.165) is 52.1 Å². The van der Waals surface area contributed by atoms with Crippen molar-refractivity contribution in [2.24, 2.45) is 5.92 Å². The summed E-state index contributed by atoms with van der Waals surface area (Å²) >= 11 is 0. The van der Waals surface area contributed by atoms with Crippen LogP contribution in [0.2, 0.25) is 0 Å². The fraction of sp³-hybridized carbons (Fsp3) is 0.444. The molecule has 15 atom stereocenters. The molecule has 88 heavy (non-hydrogen) atoms. The van der Waals surface area contributed by atoms with E-state index in [1.54, 1.807) is 18.2 Å². The van der Waals surface area contributed by atoms with Gasteiger partial charge in [-0.25, -0.2) is 0 Å². The molecular formula is C63H75N7O18. The number of aliphatic hydroxyl groups is 8. The van der Waals surface area contributed by atoms with Gasteiger partial charge >= 0.3 is 0 Å². The van der Waals surface area contributed by atoms with Crippen molar-refractivity contribution in [3.63, 3.8) is 0 Å². The minimum absolute atomic E-state index is 0.00700. The van der Waals surface area contributed by atoms with Crippen LogP contribution < -0.4 is 31.3 Å². The molecule has 3 aliphatic rings. The number of carbonyl (C=O) groups excluding carboxylic acids is 7. The molecule has 5 aromatic carbocycles. The summed E-state index contributed by atoms with van der Waals surface area (Å²) in [4.78, 5) is 102. The predicted molar refractivity (Wildman–Crippen MR) is 316 cm³/mol. The normalized spacial score (nSPS) is 26.6. The van der Waals surface area contributed by atoms with Crippen LogP contribution >= 0.6 is 0 Å². The number of nitrogens with zero attached hydrogens (tertiary/aromatic N) is 2. The fourth-order valence-corrected chi connectivity index (χ4v) is 10.8. The molecule has 0 radical (unpaired) electrons. The molecule has 3 aliphatic heterocycles. The largest absolute Gasteiger partial charge is 0.508 e. The number of aromatic hydroxyl groups is 1. The lowest BCUT2D eigenvalue weighted by atomic mass is 9.96. The lowest BCUT2D eigenvalue weighted by Gasteiger charge is -2.34. The first-order valence-corrected chi connectivity index (χ1v) is 28.8. The van der Waals surface area contributed by atoms with Crippen LogP contribution in [-0.4, -0.2) is 208 Å². The first-order chi connectivity index (χ1) is 41.6. The van der Waals surface area contributed by atoms with Gasteiger partial charge < -0.3 is 91.8 Å². The van der Waals surface area contributed by atoms with Crippen LogP contribution in [0.15, 0.2) is 97.1 Å². The van der Waals surface area contributed by atoms with Gasteiger partial charge in [-0.2, -0.15) is 0 Å². The van der Waals surface area contributed by atoms with Crippen molar-refractivity contribution in [3.8, 4) is 23.3 Å². The molecule has 3 saturated heterocycles. The van der Waals surface area contributed by atoms with E-state index >= 15 is 0 Å². The molecule has 0 bridgehead atoms. The highest BCUT2D eigenvalue weighted by Crippen LogP contribution is 2.29. The quantitative estimate of drug-likeness (QED) is 0.0561. The minimum Gasteiger partial charge on any atom is -0.508 e. The Morgan fingerprint density at radius 3 is 1.82 bits per heavy atom. The summed E-state index contributed by atoms with van der Waals surface area (Å²) in [5, 5.41) is 115. The molecule has 25 heteroatoms. The number of phenols is 1. The maximum Gasteiger partial charge on any atom is 0.251 e. The van der Waals surface area contributed by atoms with Gasteiger partial charge in [0.2, 0.25) is 35.4 Å². The average molecular weight is 1220 g/mol. The summed E-state index contributed by atoms with van der Waals surface area (Å²) in [5.41, 5.74) is 1.05. The number of amides is 7. The van der Waals surface area contributed by atoms with Gasteiger partial charge in [-0.05, 0) is 122 Å². The van der Waals surface area contributed by atoms with Crippen LogP contribution in [-0.2, 0) is 33.5 Å². The van der Waals surface area contributed by atoms with Crippen LogP contribution in [0.5, 0.6) is 11.5 Å². The number of hydrogen-bond donors (Lipinski definition) is 14. The van der Waals surface area contributed by atoms with Crippen molar-refractivity contribution in [2.75, 3.05) is 26.3 Å². The Kier molecular flexibility index (Phi) is 20.8. The molecule has 8 rings (SSSR count). The SMILES string of the molecule is C[C@@H](O)[C@@H]1NC(=O)[C@H]([C@H](O)[C@@H](O)c2ccc(O)cc2)NC(=O)[C@@H]2C[C@@H](O)CN2C(=O)[C@H]([C@@H](C)O)NC(=O)[C@@H](NC(=O)c2ccc3cc(C#Cc4ccc5cc(OCCOC(C)(C)C)ccc5c4)ccc3c2)C[C@@H](O)[C@@H](O)NC(=O)[C@@H]2[C@@H](O)[C@@H](C)CN2C1=O. The van der Waals surface area contributed by atoms with E-state index in [2.05, 4.69) is 38.4 Å². The van der Waals surface area contributed by atoms with Crippen molar-refractivity contribution in [1.29, 1.82) is 0 Å². The molecule has 0 aliphatic carbocycles. The van der Waals surface area contributed by atoms with E-state index in [1.165, 1.54) is 31.2 Å². The zero-order valence-corrected chi connectivity index (χ0v) is 49.2. The number of benzene rings is 5. The molecule has 5 aromatic rings. The van der Waals surface area contributed by atoms with Crippen LogP contribution in [0.25, 0.3) is 21.5 Å². The molecule has 0 saturated carbocycles. The van der Waals surface area contributed by atoms with Crippen molar-refractivity contribution < 1.29 is 89.0 Å². The van der Waals surface area contributed by atoms with Crippen LogP contribution in [0.3, 0.4) is 0 Å². The van der Waals surface area contributed by atoms with Crippen LogP contribution in [0, 0.1) is 17.8 Å². The second-order valence-electron chi connectivity index (χ2n) is 23.6. The summed E-state index contributed by atoms with van der Waals surface area (Å²) in [6.45, 7) is 9.46. The lowest BCUT2D eigenvalue weighted by Crippen LogP contribution is -2.64. The molecule has 3 heterocycles. The minimum atomic E-state index is -2.31. The number of carbonyl (C=O) groups is 7. The van der Waals surface area contributed by atoms with E-state index in [0.29, 0.717) is 35.3 Å². The van der Waals surface area contributed by atoms with Gasteiger partial charge in [0.1, 0.15) is 72.7 Å². The van der Waals surface area contributed by atoms with Gasteiger partial charge in [0.15, 0.2) is 6.23 Å². The maximum absolute atomic E-state index is 14.5. The fourth-order valence-electron chi connectivity index (χ4n) is 10.8. The molecule has 0 aromatic heterocycles. The molecular weight excluding hydrogens is 1140 g/mol. The van der Waals surface area contributed by atoms with Gasteiger partial charge in [0.05, 0.1) is 36.6 Å². The van der Waals surface area contributed by atoms with E-state index in [4.69, 9.17) is 9.47 Å². The van der Waals surface area contributed by atoms with Crippen molar-refractivity contribution in [1.82, 2.24) is 36.4 Å². The van der Waals surface area contributed by atoms with Gasteiger partial charge in [0.25, 0.3) is 5.91 Å². The average Bonchev–Trinajstić information content (AvgIpc) is 2.84. The summed E-state index contributed by atoms with van der Waals surface area (Å²) in [6.07, 6.45) is -16.9. The van der Waals surface area contributed by atoms with E-state index < -0.39 is 152 Å². The Morgan fingerprint density at radius 1 is 0.648 bits per heavy atom. The number of nitrogens with one attached hydrogen (secondary N) is 5. The highest BCUT2D eigenvalue weighted by Gasteiger charge is 2.50. The lowest BCUT2D eigenvalue weighted by molar-refractivity contribution is -0.148. The van der Waals surface area contributed by atoms with Gasteiger partial charge in [0, 0.05) is 48.5 Å². The Morgan fingerprint density at radius 2 is 1.20 bits per heavy atom. The number of ether oxygens (including phenoxy) is 2.